The summed E-state index contributed by atoms with van der Waals surface area (Å²) in [5.41, 5.74) is 1.29. The Balaban J connectivity index is 1.73. The Morgan fingerprint density at radius 1 is 1.29 bits per heavy atom. The van der Waals surface area contributed by atoms with E-state index in [4.69, 9.17) is 4.52 Å². The van der Waals surface area contributed by atoms with Crippen LogP contribution in [0.2, 0.25) is 0 Å². The Hall–Kier alpha value is -2.96. The van der Waals surface area contributed by atoms with Crippen LogP contribution in [0.4, 0.5) is 0 Å². The molecule has 1 aliphatic heterocycles. The highest BCUT2D eigenvalue weighted by Crippen LogP contribution is 2.34. The number of nitrogens with zero attached hydrogens (tertiary/aromatic N) is 4. The van der Waals surface area contributed by atoms with E-state index < -0.39 is 5.41 Å². The van der Waals surface area contributed by atoms with Gasteiger partial charge in [0.05, 0.1) is 11.1 Å². The van der Waals surface area contributed by atoms with Gasteiger partial charge in [0.25, 0.3) is 0 Å². The zero-order valence-electron chi connectivity index (χ0n) is 13.3. The SMILES string of the molecule is C[C@]1(c2nc(-c3ccccc3-n3cccn3)no2)CCNC(=O)C1. The van der Waals surface area contributed by atoms with Crippen molar-refractivity contribution in [2.45, 2.75) is 25.2 Å². The maximum atomic E-state index is 11.7. The standard InChI is InChI=1S/C17H17N5O2/c1-17(7-9-18-14(23)11-17)16-20-15(21-24-16)12-5-2-3-6-13(12)22-10-4-8-19-22/h2-6,8,10H,7,9,11H2,1H3,(H,18,23)/t17-/m0/s1. The van der Waals surface area contributed by atoms with Crippen molar-refractivity contribution in [3.8, 4) is 17.1 Å². The first-order chi connectivity index (χ1) is 11.7. The quantitative estimate of drug-likeness (QED) is 0.797. The maximum absolute atomic E-state index is 11.7. The molecule has 1 N–H and O–H groups in total. The summed E-state index contributed by atoms with van der Waals surface area (Å²) in [5.74, 6) is 1.02. The Kier molecular flexibility index (Phi) is 3.41. The molecule has 2 aromatic heterocycles. The van der Waals surface area contributed by atoms with Gasteiger partial charge in [-0.2, -0.15) is 10.1 Å². The van der Waals surface area contributed by atoms with Crippen molar-refractivity contribution in [3.05, 3.63) is 48.6 Å². The number of hydrogen-bond acceptors (Lipinski definition) is 5. The minimum atomic E-state index is -0.422. The van der Waals surface area contributed by atoms with E-state index in [1.54, 1.807) is 10.9 Å². The fraction of sp³-hybridized carbons (Fsp3) is 0.294. The van der Waals surface area contributed by atoms with Crippen molar-refractivity contribution >= 4 is 5.91 Å². The van der Waals surface area contributed by atoms with Crippen LogP contribution < -0.4 is 5.32 Å². The summed E-state index contributed by atoms with van der Waals surface area (Å²) < 4.78 is 7.28. The van der Waals surface area contributed by atoms with E-state index in [1.165, 1.54) is 0 Å². The molecular formula is C17H17N5O2. The van der Waals surface area contributed by atoms with Crippen molar-refractivity contribution in [2.24, 2.45) is 0 Å². The second-order valence-electron chi connectivity index (χ2n) is 6.23. The van der Waals surface area contributed by atoms with E-state index >= 15 is 0 Å². The predicted molar refractivity (Wildman–Crippen MR) is 86.5 cm³/mol. The monoisotopic (exact) mass is 323 g/mol. The lowest BCUT2D eigenvalue weighted by atomic mass is 9.80. The third-order valence-corrected chi connectivity index (χ3v) is 4.39. The van der Waals surface area contributed by atoms with Crippen LogP contribution >= 0.6 is 0 Å². The molecule has 4 rings (SSSR count). The zero-order chi connectivity index (χ0) is 16.6. The lowest BCUT2D eigenvalue weighted by molar-refractivity contribution is -0.124. The Labute approximate surface area is 138 Å². The van der Waals surface area contributed by atoms with Crippen LogP contribution in [0.15, 0.2) is 47.2 Å². The lowest BCUT2D eigenvalue weighted by Gasteiger charge is -2.29. The predicted octanol–water partition coefficient (Wildman–Crippen LogP) is 2.09. The second-order valence-corrected chi connectivity index (χ2v) is 6.23. The molecule has 24 heavy (non-hydrogen) atoms. The van der Waals surface area contributed by atoms with Gasteiger partial charge in [0.1, 0.15) is 0 Å². The topological polar surface area (TPSA) is 85.8 Å². The zero-order valence-corrected chi connectivity index (χ0v) is 13.3. The highest BCUT2D eigenvalue weighted by Gasteiger charge is 2.38. The first-order valence-corrected chi connectivity index (χ1v) is 7.86. The molecule has 1 fully saturated rings. The van der Waals surface area contributed by atoms with Gasteiger partial charge >= 0.3 is 0 Å². The third-order valence-electron chi connectivity index (χ3n) is 4.39. The molecule has 7 nitrogen and oxygen atoms in total. The first kappa shape index (κ1) is 14.6. The number of benzene rings is 1. The van der Waals surface area contributed by atoms with Crippen LogP contribution in [-0.2, 0) is 10.2 Å². The first-order valence-electron chi connectivity index (χ1n) is 7.86. The summed E-state index contributed by atoms with van der Waals surface area (Å²) in [4.78, 5) is 16.3. The fourth-order valence-electron chi connectivity index (χ4n) is 3.02. The average molecular weight is 323 g/mol. The summed E-state index contributed by atoms with van der Waals surface area (Å²) in [6.07, 6.45) is 4.73. The van der Waals surface area contributed by atoms with Crippen molar-refractivity contribution in [1.29, 1.82) is 0 Å². The number of carbonyl (C=O) groups is 1. The molecule has 0 saturated carbocycles. The summed E-state index contributed by atoms with van der Waals surface area (Å²) in [7, 11) is 0. The Morgan fingerprint density at radius 3 is 2.96 bits per heavy atom. The van der Waals surface area contributed by atoms with Gasteiger partial charge in [0.15, 0.2) is 0 Å². The molecule has 0 spiro atoms. The van der Waals surface area contributed by atoms with Crippen LogP contribution in [-0.4, -0.2) is 32.4 Å². The average Bonchev–Trinajstić information content (AvgIpc) is 3.27. The van der Waals surface area contributed by atoms with Gasteiger partial charge in [-0.05, 0) is 24.6 Å². The van der Waals surface area contributed by atoms with Crippen molar-refractivity contribution in [3.63, 3.8) is 0 Å². The van der Waals surface area contributed by atoms with Crippen molar-refractivity contribution in [1.82, 2.24) is 25.2 Å². The van der Waals surface area contributed by atoms with E-state index in [0.717, 1.165) is 17.7 Å². The van der Waals surface area contributed by atoms with E-state index in [-0.39, 0.29) is 5.91 Å². The molecule has 1 saturated heterocycles. The van der Waals surface area contributed by atoms with Gasteiger partial charge in [-0.15, -0.1) is 0 Å². The highest BCUT2D eigenvalue weighted by atomic mass is 16.5. The van der Waals surface area contributed by atoms with Crippen LogP contribution in [0.3, 0.4) is 0 Å². The molecule has 0 unspecified atom stereocenters. The van der Waals surface area contributed by atoms with Gasteiger partial charge in [-0.25, -0.2) is 4.68 Å². The number of amides is 1. The van der Waals surface area contributed by atoms with E-state index in [1.807, 2.05) is 43.5 Å². The molecule has 122 valence electrons. The molecule has 0 radical (unpaired) electrons. The smallest absolute Gasteiger partial charge is 0.233 e. The third kappa shape index (κ3) is 2.47. The van der Waals surface area contributed by atoms with Crippen LogP contribution in [0.25, 0.3) is 17.1 Å². The van der Waals surface area contributed by atoms with E-state index in [0.29, 0.717) is 24.7 Å². The molecule has 1 aromatic carbocycles. The largest absolute Gasteiger partial charge is 0.356 e. The molecule has 3 aromatic rings. The minimum Gasteiger partial charge on any atom is -0.356 e. The number of hydrogen-bond donors (Lipinski definition) is 1. The Bertz CT molecular complexity index is 871. The number of rotatable bonds is 3. The number of aromatic nitrogens is 4. The molecule has 0 bridgehead atoms. The van der Waals surface area contributed by atoms with E-state index in [2.05, 4.69) is 20.6 Å². The van der Waals surface area contributed by atoms with Crippen molar-refractivity contribution in [2.75, 3.05) is 6.54 Å². The number of piperidine rings is 1. The van der Waals surface area contributed by atoms with Gasteiger partial charge in [0, 0.05) is 30.9 Å². The number of para-hydroxylation sites is 1. The van der Waals surface area contributed by atoms with Gasteiger partial charge in [-0.3, -0.25) is 4.79 Å². The lowest BCUT2D eigenvalue weighted by Crippen LogP contribution is -2.41. The minimum absolute atomic E-state index is 0.0143. The normalized spacial score (nSPS) is 20.8. The van der Waals surface area contributed by atoms with Crippen molar-refractivity contribution < 1.29 is 9.32 Å². The second kappa shape index (κ2) is 5.59. The highest BCUT2D eigenvalue weighted by molar-refractivity contribution is 5.78. The van der Waals surface area contributed by atoms with Gasteiger partial charge in [0.2, 0.25) is 17.6 Å². The fourth-order valence-corrected chi connectivity index (χ4v) is 3.02. The molecule has 7 heteroatoms. The Morgan fingerprint density at radius 2 is 2.17 bits per heavy atom. The van der Waals surface area contributed by atoms with Crippen LogP contribution in [0.1, 0.15) is 25.7 Å². The maximum Gasteiger partial charge on any atom is 0.233 e. The molecule has 3 heterocycles. The molecule has 1 atom stereocenters. The molecule has 0 aliphatic carbocycles. The summed E-state index contributed by atoms with van der Waals surface area (Å²) >= 11 is 0. The summed E-state index contributed by atoms with van der Waals surface area (Å²) in [5, 5.41) is 11.2. The molecule has 1 aliphatic rings. The number of nitrogens with one attached hydrogen (secondary N) is 1. The number of carbonyl (C=O) groups excluding carboxylic acids is 1. The molecule has 1 amide bonds. The van der Waals surface area contributed by atoms with Crippen LogP contribution in [0.5, 0.6) is 0 Å². The van der Waals surface area contributed by atoms with Crippen LogP contribution in [0, 0.1) is 0 Å². The summed E-state index contributed by atoms with van der Waals surface area (Å²) in [6.45, 7) is 2.61. The van der Waals surface area contributed by atoms with Gasteiger partial charge < -0.3 is 9.84 Å². The summed E-state index contributed by atoms with van der Waals surface area (Å²) in [6, 6.07) is 9.61. The van der Waals surface area contributed by atoms with Gasteiger partial charge in [-0.1, -0.05) is 24.2 Å². The van der Waals surface area contributed by atoms with E-state index in [9.17, 15) is 4.79 Å². The molecular weight excluding hydrogens is 306 g/mol.